The van der Waals surface area contributed by atoms with Crippen LogP contribution >= 0.6 is 0 Å². The SMILES string of the molecule is CCCc1nn(C)c2c1nc(N)n2-c1ccc(F)cc1C. The lowest BCUT2D eigenvalue weighted by Gasteiger charge is -2.10. The van der Waals surface area contributed by atoms with Crippen LogP contribution in [-0.4, -0.2) is 19.3 Å². The van der Waals surface area contributed by atoms with Crippen LogP contribution in [0.1, 0.15) is 24.6 Å². The van der Waals surface area contributed by atoms with E-state index in [1.54, 1.807) is 10.7 Å². The average Bonchev–Trinajstić information content (AvgIpc) is 2.89. The third-order valence-electron chi connectivity index (χ3n) is 3.62. The largest absolute Gasteiger partial charge is 0.369 e. The number of rotatable bonds is 3. The lowest BCUT2D eigenvalue weighted by atomic mass is 10.2. The van der Waals surface area contributed by atoms with Crippen LogP contribution in [0.5, 0.6) is 0 Å². The number of fused-ring (bicyclic) bond motifs is 1. The molecule has 0 saturated carbocycles. The van der Waals surface area contributed by atoms with Crippen molar-refractivity contribution < 1.29 is 4.39 Å². The highest BCUT2D eigenvalue weighted by molar-refractivity contribution is 5.80. The molecule has 0 fully saturated rings. The van der Waals surface area contributed by atoms with Gasteiger partial charge in [0.1, 0.15) is 11.3 Å². The van der Waals surface area contributed by atoms with Gasteiger partial charge >= 0.3 is 0 Å². The molecule has 2 N–H and O–H groups in total. The van der Waals surface area contributed by atoms with Gasteiger partial charge in [0.15, 0.2) is 5.65 Å². The van der Waals surface area contributed by atoms with Crippen molar-refractivity contribution in [3.8, 4) is 5.69 Å². The number of nitrogens with zero attached hydrogens (tertiary/aromatic N) is 4. The minimum Gasteiger partial charge on any atom is -0.369 e. The van der Waals surface area contributed by atoms with Crippen LogP contribution in [0.15, 0.2) is 18.2 Å². The van der Waals surface area contributed by atoms with E-state index in [0.717, 1.165) is 41.0 Å². The lowest BCUT2D eigenvalue weighted by Crippen LogP contribution is -2.06. The van der Waals surface area contributed by atoms with Crippen molar-refractivity contribution in [2.45, 2.75) is 26.7 Å². The third-order valence-corrected chi connectivity index (χ3v) is 3.62. The van der Waals surface area contributed by atoms with E-state index in [9.17, 15) is 4.39 Å². The molecule has 0 saturated heterocycles. The molecular weight excluding hydrogens is 269 g/mol. The van der Waals surface area contributed by atoms with Gasteiger partial charge in [-0.2, -0.15) is 5.10 Å². The summed E-state index contributed by atoms with van der Waals surface area (Å²) in [4.78, 5) is 4.46. The van der Waals surface area contributed by atoms with Crippen molar-refractivity contribution in [1.29, 1.82) is 0 Å². The summed E-state index contributed by atoms with van der Waals surface area (Å²) >= 11 is 0. The summed E-state index contributed by atoms with van der Waals surface area (Å²) in [6.45, 7) is 3.96. The Morgan fingerprint density at radius 1 is 1.33 bits per heavy atom. The molecule has 0 aliphatic carbocycles. The molecule has 3 rings (SSSR count). The second-order valence-corrected chi connectivity index (χ2v) is 5.23. The highest BCUT2D eigenvalue weighted by Gasteiger charge is 2.19. The summed E-state index contributed by atoms with van der Waals surface area (Å²) in [5, 5.41) is 4.52. The number of aromatic nitrogens is 4. The molecule has 0 aliphatic rings. The molecule has 5 nitrogen and oxygen atoms in total. The van der Waals surface area contributed by atoms with E-state index < -0.39 is 0 Å². The normalized spacial score (nSPS) is 11.4. The summed E-state index contributed by atoms with van der Waals surface area (Å²) in [7, 11) is 1.87. The first-order valence-corrected chi connectivity index (χ1v) is 6.99. The van der Waals surface area contributed by atoms with Crippen LogP contribution in [0.2, 0.25) is 0 Å². The number of hydrogen-bond donors (Lipinski definition) is 1. The van der Waals surface area contributed by atoms with Gasteiger partial charge in [-0.1, -0.05) is 13.3 Å². The summed E-state index contributed by atoms with van der Waals surface area (Å²) in [5.41, 5.74) is 10.3. The summed E-state index contributed by atoms with van der Waals surface area (Å²) < 4.78 is 16.9. The molecular formula is C15H18FN5. The van der Waals surface area contributed by atoms with Crippen LogP contribution in [0.25, 0.3) is 16.9 Å². The number of nitrogen functional groups attached to an aromatic ring is 1. The first-order chi connectivity index (χ1) is 10.0. The fourth-order valence-electron chi connectivity index (χ4n) is 2.71. The Morgan fingerprint density at radius 2 is 2.10 bits per heavy atom. The highest BCUT2D eigenvalue weighted by atomic mass is 19.1. The maximum Gasteiger partial charge on any atom is 0.207 e. The number of aryl methyl sites for hydroxylation is 3. The number of anilines is 1. The summed E-state index contributed by atoms with van der Waals surface area (Å²) in [6, 6.07) is 4.63. The fourth-order valence-corrected chi connectivity index (χ4v) is 2.71. The topological polar surface area (TPSA) is 61.7 Å². The van der Waals surface area contributed by atoms with Crippen LogP contribution in [0, 0.1) is 12.7 Å². The zero-order valence-electron chi connectivity index (χ0n) is 12.4. The minimum atomic E-state index is -0.261. The van der Waals surface area contributed by atoms with E-state index in [0.29, 0.717) is 5.95 Å². The molecule has 2 heterocycles. The molecule has 0 bridgehead atoms. The van der Waals surface area contributed by atoms with Crippen LogP contribution in [0.4, 0.5) is 10.3 Å². The first-order valence-electron chi connectivity index (χ1n) is 6.99. The molecule has 3 aromatic rings. The smallest absolute Gasteiger partial charge is 0.207 e. The number of benzene rings is 1. The van der Waals surface area contributed by atoms with Gasteiger partial charge in [-0.25, -0.2) is 14.1 Å². The first kappa shape index (κ1) is 13.6. The van der Waals surface area contributed by atoms with Gasteiger partial charge in [0.05, 0.1) is 11.4 Å². The molecule has 6 heteroatoms. The average molecular weight is 287 g/mol. The zero-order chi connectivity index (χ0) is 15.1. The van der Waals surface area contributed by atoms with Gasteiger partial charge in [0, 0.05) is 7.05 Å². The van der Waals surface area contributed by atoms with Crippen molar-refractivity contribution in [2.24, 2.45) is 7.05 Å². The molecule has 0 unspecified atom stereocenters. The number of hydrogen-bond acceptors (Lipinski definition) is 3. The molecule has 0 amide bonds. The second kappa shape index (κ2) is 4.87. The molecule has 0 spiro atoms. The summed E-state index contributed by atoms with van der Waals surface area (Å²) in [6.07, 6.45) is 1.85. The third kappa shape index (κ3) is 2.07. The van der Waals surface area contributed by atoms with Crippen LogP contribution in [0.3, 0.4) is 0 Å². The van der Waals surface area contributed by atoms with E-state index in [-0.39, 0.29) is 5.82 Å². The van der Waals surface area contributed by atoms with Gasteiger partial charge in [0.2, 0.25) is 5.95 Å². The van der Waals surface area contributed by atoms with E-state index in [1.165, 1.54) is 12.1 Å². The van der Waals surface area contributed by atoms with E-state index in [4.69, 9.17) is 5.73 Å². The highest BCUT2D eigenvalue weighted by Crippen LogP contribution is 2.27. The molecule has 21 heavy (non-hydrogen) atoms. The Morgan fingerprint density at radius 3 is 2.76 bits per heavy atom. The maximum absolute atomic E-state index is 13.3. The van der Waals surface area contributed by atoms with E-state index in [2.05, 4.69) is 17.0 Å². The fraction of sp³-hybridized carbons (Fsp3) is 0.333. The Bertz CT molecular complexity index is 815. The Balaban J connectivity index is 2.30. The van der Waals surface area contributed by atoms with Gasteiger partial charge in [-0.3, -0.25) is 4.57 Å². The Kier molecular flexibility index (Phi) is 3.16. The molecule has 0 aliphatic heterocycles. The molecule has 0 radical (unpaired) electrons. The lowest BCUT2D eigenvalue weighted by molar-refractivity contribution is 0.626. The van der Waals surface area contributed by atoms with Crippen molar-refractivity contribution >= 4 is 17.1 Å². The number of imidazole rings is 1. The zero-order valence-corrected chi connectivity index (χ0v) is 12.4. The molecule has 1 aromatic carbocycles. The van der Waals surface area contributed by atoms with Gasteiger partial charge in [-0.15, -0.1) is 0 Å². The predicted molar refractivity (Wildman–Crippen MR) is 80.9 cm³/mol. The molecule has 0 atom stereocenters. The standard InChI is InChI=1S/C15H18FN5/c1-4-5-11-13-14(20(3)19-11)21(15(17)18-13)12-7-6-10(16)8-9(12)2/h6-8H,4-5H2,1-3H3,(H2,17,18). The maximum atomic E-state index is 13.3. The van der Waals surface area contributed by atoms with Crippen molar-refractivity contribution in [1.82, 2.24) is 19.3 Å². The number of halogens is 1. The molecule has 110 valence electrons. The van der Waals surface area contributed by atoms with Crippen molar-refractivity contribution in [2.75, 3.05) is 5.73 Å². The van der Waals surface area contributed by atoms with Crippen LogP contribution in [-0.2, 0) is 13.5 Å². The predicted octanol–water partition coefficient (Wildman–Crippen LogP) is 2.74. The van der Waals surface area contributed by atoms with E-state index >= 15 is 0 Å². The quantitative estimate of drug-likeness (QED) is 0.805. The second-order valence-electron chi connectivity index (χ2n) is 5.23. The minimum absolute atomic E-state index is 0.261. The van der Waals surface area contributed by atoms with Crippen molar-refractivity contribution in [3.05, 3.63) is 35.3 Å². The van der Waals surface area contributed by atoms with Crippen LogP contribution < -0.4 is 5.73 Å². The van der Waals surface area contributed by atoms with E-state index in [1.807, 2.05) is 18.5 Å². The monoisotopic (exact) mass is 287 g/mol. The van der Waals surface area contributed by atoms with Crippen molar-refractivity contribution in [3.63, 3.8) is 0 Å². The number of nitrogens with two attached hydrogens (primary N) is 1. The van der Waals surface area contributed by atoms with Gasteiger partial charge in [-0.05, 0) is 37.1 Å². The Labute approximate surface area is 122 Å². The van der Waals surface area contributed by atoms with Gasteiger partial charge < -0.3 is 5.73 Å². The van der Waals surface area contributed by atoms with Gasteiger partial charge in [0.25, 0.3) is 0 Å². The molecule has 2 aromatic heterocycles. The summed E-state index contributed by atoms with van der Waals surface area (Å²) in [5.74, 6) is 0.132. The Hall–Kier alpha value is -2.37.